The largest absolute Gasteiger partial charge is 0.477 e. The number of methoxy groups -OCH3 is 1. The molecule has 3 rings (SSSR count). The van der Waals surface area contributed by atoms with Crippen LogP contribution in [0, 0.1) is 0 Å². The molecule has 1 aromatic rings. The standard InChI is InChI=1S/C13H13N3O5S3/c1-21-12(20)7-13(24-4-15-7)23-3-5-2-22-10-6(14)9(17)16(10)8(5)11(18)19/h4,6,10H,2-3,14H2,1H3,(H,18,19)/t6?,10-/m1/s1. The summed E-state index contributed by atoms with van der Waals surface area (Å²) < 4.78 is 5.32. The number of aliphatic carboxylic acids is 1. The van der Waals surface area contributed by atoms with Crippen molar-refractivity contribution in [3.05, 3.63) is 22.5 Å². The first-order chi connectivity index (χ1) is 11.5. The van der Waals surface area contributed by atoms with Crippen molar-refractivity contribution in [1.82, 2.24) is 9.88 Å². The van der Waals surface area contributed by atoms with Crippen LogP contribution in [0.5, 0.6) is 0 Å². The summed E-state index contributed by atoms with van der Waals surface area (Å²) in [4.78, 5) is 40.3. The molecular formula is C13H13N3O5S3. The number of carbonyl (C=O) groups excluding carboxylic acids is 2. The number of β-lactam (4-membered cyclic amide) rings is 1. The van der Waals surface area contributed by atoms with E-state index in [1.807, 2.05) is 0 Å². The number of thioether (sulfide) groups is 2. The van der Waals surface area contributed by atoms with E-state index >= 15 is 0 Å². The number of thiazole rings is 1. The van der Waals surface area contributed by atoms with E-state index in [2.05, 4.69) is 9.72 Å². The minimum Gasteiger partial charge on any atom is -0.477 e. The molecule has 11 heteroatoms. The lowest BCUT2D eigenvalue weighted by atomic mass is 10.0. The number of nitrogens with zero attached hydrogens (tertiary/aromatic N) is 2. The Morgan fingerprint density at radius 1 is 1.58 bits per heavy atom. The summed E-state index contributed by atoms with van der Waals surface area (Å²) in [7, 11) is 1.28. The van der Waals surface area contributed by atoms with Crippen LogP contribution in [0.15, 0.2) is 21.0 Å². The third-order valence-corrected chi connectivity index (χ3v) is 7.15. The highest BCUT2D eigenvalue weighted by molar-refractivity contribution is 8.02. The Morgan fingerprint density at radius 3 is 3.00 bits per heavy atom. The highest BCUT2D eigenvalue weighted by Gasteiger charge is 2.51. The van der Waals surface area contributed by atoms with Gasteiger partial charge >= 0.3 is 11.9 Å². The molecule has 0 radical (unpaired) electrons. The molecule has 1 aromatic heterocycles. The van der Waals surface area contributed by atoms with Crippen molar-refractivity contribution in [3.63, 3.8) is 0 Å². The summed E-state index contributed by atoms with van der Waals surface area (Å²) in [5, 5.41) is 9.16. The van der Waals surface area contributed by atoms with Gasteiger partial charge in [-0.1, -0.05) is 0 Å². The second-order valence-electron chi connectivity index (χ2n) is 4.96. The van der Waals surface area contributed by atoms with Crippen LogP contribution in [0.25, 0.3) is 0 Å². The fourth-order valence-corrected chi connectivity index (χ4v) is 5.73. The van der Waals surface area contributed by atoms with Crippen molar-refractivity contribution < 1.29 is 24.2 Å². The second kappa shape index (κ2) is 6.75. The lowest BCUT2D eigenvalue weighted by Crippen LogP contribution is -2.68. The average molecular weight is 387 g/mol. The number of carboxylic acid groups (broad SMARTS) is 1. The molecule has 2 aliphatic rings. The summed E-state index contributed by atoms with van der Waals surface area (Å²) in [6.45, 7) is 0. The maximum Gasteiger partial charge on any atom is 0.358 e. The van der Waals surface area contributed by atoms with Gasteiger partial charge in [-0.15, -0.1) is 34.9 Å². The molecule has 1 fully saturated rings. The third-order valence-electron chi connectivity index (χ3n) is 3.58. The van der Waals surface area contributed by atoms with E-state index in [0.29, 0.717) is 21.3 Å². The first kappa shape index (κ1) is 17.3. The van der Waals surface area contributed by atoms with Gasteiger partial charge in [0, 0.05) is 11.5 Å². The average Bonchev–Trinajstić information content (AvgIpc) is 3.05. The number of esters is 1. The Labute approximate surface area is 149 Å². The third kappa shape index (κ3) is 2.81. The number of aromatic nitrogens is 1. The van der Waals surface area contributed by atoms with E-state index in [9.17, 15) is 19.5 Å². The SMILES string of the molecule is COC(=O)c1ncsc1SCC1=C(C(=O)O)N2C(=O)C(N)[C@H]2SC1. The van der Waals surface area contributed by atoms with Crippen molar-refractivity contribution in [1.29, 1.82) is 0 Å². The van der Waals surface area contributed by atoms with Crippen LogP contribution in [0.4, 0.5) is 0 Å². The second-order valence-corrected chi connectivity index (χ2v) is 8.17. The Balaban J connectivity index is 1.81. The molecule has 1 amide bonds. The molecule has 24 heavy (non-hydrogen) atoms. The van der Waals surface area contributed by atoms with E-state index in [0.717, 1.165) is 0 Å². The molecule has 0 aliphatic carbocycles. The summed E-state index contributed by atoms with van der Waals surface area (Å²) in [6, 6.07) is -0.647. The number of carbonyl (C=O) groups is 3. The molecule has 8 nitrogen and oxygen atoms in total. The molecule has 0 spiro atoms. The van der Waals surface area contributed by atoms with E-state index in [1.165, 1.54) is 52.4 Å². The lowest BCUT2D eigenvalue weighted by molar-refractivity contribution is -0.147. The Bertz CT molecular complexity index is 747. The van der Waals surface area contributed by atoms with Crippen molar-refractivity contribution >= 4 is 52.7 Å². The molecule has 128 valence electrons. The van der Waals surface area contributed by atoms with E-state index in [1.54, 1.807) is 0 Å². The van der Waals surface area contributed by atoms with E-state index < -0.39 is 18.0 Å². The number of amides is 1. The number of nitrogens with two attached hydrogens (primary N) is 1. The molecule has 1 unspecified atom stereocenters. The van der Waals surface area contributed by atoms with Crippen molar-refractivity contribution in [3.8, 4) is 0 Å². The highest BCUT2D eigenvalue weighted by Crippen LogP contribution is 2.41. The van der Waals surface area contributed by atoms with Crippen LogP contribution in [0.3, 0.4) is 0 Å². The maximum absolute atomic E-state index is 11.9. The van der Waals surface area contributed by atoms with Crippen LogP contribution in [0.2, 0.25) is 0 Å². The molecule has 0 bridgehead atoms. The number of rotatable bonds is 5. The fraction of sp³-hybridized carbons (Fsp3) is 0.385. The summed E-state index contributed by atoms with van der Waals surface area (Å²) >= 11 is 4.04. The van der Waals surface area contributed by atoms with E-state index in [4.69, 9.17) is 5.73 Å². The molecule has 2 atom stereocenters. The Hall–Kier alpha value is -1.56. The first-order valence-electron chi connectivity index (χ1n) is 6.76. The van der Waals surface area contributed by atoms with Gasteiger partial charge < -0.3 is 15.6 Å². The summed E-state index contributed by atoms with van der Waals surface area (Å²) in [5.74, 6) is -1.24. The predicted octanol–water partition coefficient (Wildman–Crippen LogP) is 0.603. The lowest BCUT2D eigenvalue weighted by Gasteiger charge is -2.48. The van der Waals surface area contributed by atoms with Gasteiger partial charge in [0.05, 0.1) is 16.8 Å². The van der Waals surface area contributed by atoms with Gasteiger partial charge in [0.2, 0.25) is 5.91 Å². The number of hydrogen-bond donors (Lipinski definition) is 2. The minimum atomic E-state index is -1.14. The predicted molar refractivity (Wildman–Crippen MR) is 89.9 cm³/mol. The molecule has 0 saturated carbocycles. The Morgan fingerprint density at radius 2 is 2.33 bits per heavy atom. The zero-order chi connectivity index (χ0) is 17.4. The quantitative estimate of drug-likeness (QED) is 0.425. The normalized spacial score (nSPS) is 22.9. The zero-order valence-corrected chi connectivity index (χ0v) is 14.9. The van der Waals surface area contributed by atoms with Gasteiger partial charge in [-0.25, -0.2) is 14.6 Å². The smallest absolute Gasteiger partial charge is 0.358 e. The molecular weight excluding hydrogens is 374 g/mol. The van der Waals surface area contributed by atoms with Gasteiger partial charge in [-0.2, -0.15) is 0 Å². The molecule has 0 aromatic carbocycles. The van der Waals surface area contributed by atoms with E-state index in [-0.39, 0.29) is 22.7 Å². The topological polar surface area (TPSA) is 123 Å². The number of hydrogen-bond acceptors (Lipinski definition) is 9. The van der Waals surface area contributed by atoms with Crippen molar-refractivity contribution in [2.45, 2.75) is 15.6 Å². The van der Waals surface area contributed by atoms with Gasteiger partial charge in [0.25, 0.3) is 0 Å². The van der Waals surface area contributed by atoms with Crippen molar-refractivity contribution in [2.24, 2.45) is 5.73 Å². The van der Waals surface area contributed by atoms with Gasteiger partial charge in [0.15, 0.2) is 5.69 Å². The van der Waals surface area contributed by atoms with Crippen LogP contribution in [-0.4, -0.2) is 62.9 Å². The zero-order valence-electron chi connectivity index (χ0n) is 12.4. The first-order valence-corrected chi connectivity index (χ1v) is 9.67. The number of ether oxygens (including phenoxy) is 1. The number of carboxylic acids is 1. The molecule has 3 heterocycles. The Kier molecular flexibility index (Phi) is 4.85. The van der Waals surface area contributed by atoms with Crippen LogP contribution < -0.4 is 5.73 Å². The van der Waals surface area contributed by atoms with Crippen LogP contribution in [0.1, 0.15) is 10.5 Å². The van der Waals surface area contributed by atoms with Gasteiger partial charge in [0.1, 0.15) is 17.1 Å². The molecule has 3 N–H and O–H groups in total. The van der Waals surface area contributed by atoms with Crippen LogP contribution >= 0.6 is 34.9 Å². The van der Waals surface area contributed by atoms with Gasteiger partial charge in [-0.3, -0.25) is 9.69 Å². The van der Waals surface area contributed by atoms with Crippen molar-refractivity contribution in [2.75, 3.05) is 18.6 Å². The molecule has 2 aliphatic heterocycles. The van der Waals surface area contributed by atoms with Gasteiger partial charge in [-0.05, 0) is 5.57 Å². The fourth-order valence-electron chi connectivity index (χ4n) is 2.41. The molecule has 1 saturated heterocycles. The summed E-state index contributed by atoms with van der Waals surface area (Å²) in [5.41, 5.74) is 8.09. The monoisotopic (exact) mass is 387 g/mol. The minimum absolute atomic E-state index is 0.00193. The summed E-state index contributed by atoms with van der Waals surface area (Å²) in [6.07, 6.45) is 0. The maximum atomic E-state index is 11.9. The highest BCUT2D eigenvalue weighted by atomic mass is 32.2. The number of fused-ring (bicyclic) bond motifs is 1. The van der Waals surface area contributed by atoms with Crippen LogP contribution in [-0.2, 0) is 14.3 Å².